The van der Waals surface area contributed by atoms with E-state index in [-0.39, 0.29) is 5.78 Å². The Morgan fingerprint density at radius 1 is 1.82 bits per heavy atom. The van der Waals surface area contributed by atoms with Gasteiger partial charge in [0.1, 0.15) is 0 Å². The van der Waals surface area contributed by atoms with E-state index in [1.165, 1.54) is 11.3 Å². The van der Waals surface area contributed by atoms with Crippen molar-refractivity contribution in [2.24, 2.45) is 0 Å². The molecule has 1 rings (SSSR count). The molecule has 0 amide bonds. The molecule has 0 N–H and O–H groups in total. The van der Waals surface area contributed by atoms with Crippen molar-refractivity contribution in [3.05, 3.63) is 33.5 Å². The van der Waals surface area contributed by atoms with Crippen LogP contribution in [0.4, 0.5) is 0 Å². The molecule has 0 radical (unpaired) electrons. The number of halogens is 1. The molecular formula is C8H7BrOS. The van der Waals surface area contributed by atoms with Gasteiger partial charge in [-0.3, -0.25) is 4.79 Å². The summed E-state index contributed by atoms with van der Waals surface area (Å²) in [6.45, 7) is 3.50. The molecule has 0 saturated carbocycles. The quantitative estimate of drug-likeness (QED) is 0.576. The van der Waals surface area contributed by atoms with E-state index in [4.69, 9.17) is 0 Å². The van der Waals surface area contributed by atoms with Crippen LogP contribution in [0.1, 0.15) is 16.8 Å². The van der Waals surface area contributed by atoms with E-state index in [1.807, 2.05) is 11.4 Å². The lowest BCUT2D eigenvalue weighted by Crippen LogP contribution is -1.92. The van der Waals surface area contributed by atoms with Gasteiger partial charge in [-0.1, -0.05) is 6.08 Å². The Balaban J connectivity index is 2.76. The van der Waals surface area contributed by atoms with Crippen molar-refractivity contribution in [1.29, 1.82) is 0 Å². The van der Waals surface area contributed by atoms with Crippen LogP contribution in [0.5, 0.6) is 0 Å². The van der Waals surface area contributed by atoms with Gasteiger partial charge in [0.25, 0.3) is 0 Å². The molecule has 0 fully saturated rings. The highest BCUT2D eigenvalue weighted by Crippen LogP contribution is 2.21. The summed E-state index contributed by atoms with van der Waals surface area (Å²) in [5.74, 6) is 0.127. The van der Waals surface area contributed by atoms with E-state index < -0.39 is 0 Å². The zero-order chi connectivity index (χ0) is 8.27. The molecule has 1 aromatic rings. The molecule has 0 aliphatic carbocycles. The van der Waals surface area contributed by atoms with Gasteiger partial charge in [0, 0.05) is 17.4 Å². The fourth-order valence-electron chi connectivity index (χ4n) is 0.705. The lowest BCUT2D eigenvalue weighted by molar-refractivity contribution is 0.0996. The summed E-state index contributed by atoms with van der Waals surface area (Å²) < 4.78 is 0.991. The van der Waals surface area contributed by atoms with E-state index in [2.05, 4.69) is 22.5 Å². The van der Waals surface area contributed by atoms with E-state index in [0.29, 0.717) is 6.42 Å². The molecule has 0 unspecified atom stereocenters. The third kappa shape index (κ3) is 2.27. The van der Waals surface area contributed by atoms with Crippen LogP contribution in [-0.4, -0.2) is 5.78 Å². The Bertz CT molecular complexity index is 277. The van der Waals surface area contributed by atoms with Gasteiger partial charge >= 0.3 is 0 Å². The first-order valence-electron chi connectivity index (χ1n) is 3.12. The van der Waals surface area contributed by atoms with Gasteiger partial charge in [-0.2, -0.15) is 0 Å². The summed E-state index contributed by atoms with van der Waals surface area (Å²) in [5, 5.41) is 1.84. The number of hydrogen-bond acceptors (Lipinski definition) is 2. The second-order valence-corrected chi connectivity index (χ2v) is 4.35. The van der Waals surface area contributed by atoms with Gasteiger partial charge in [-0.25, -0.2) is 0 Å². The Kier molecular flexibility index (Phi) is 3.02. The third-order valence-electron chi connectivity index (χ3n) is 1.22. The molecule has 1 aromatic heterocycles. The van der Waals surface area contributed by atoms with Gasteiger partial charge in [0.05, 0.1) is 3.79 Å². The number of ketones is 1. The largest absolute Gasteiger partial charge is 0.294 e. The summed E-state index contributed by atoms with van der Waals surface area (Å²) in [4.78, 5) is 11.2. The zero-order valence-electron chi connectivity index (χ0n) is 5.84. The van der Waals surface area contributed by atoms with Crippen molar-refractivity contribution < 1.29 is 4.79 Å². The SMILES string of the molecule is C=CCC(=O)c1csc(Br)c1. The third-order valence-corrected chi connectivity index (χ3v) is 2.72. The first-order chi connectivity index (χ1) is 5.24. The molecule has 0 spiro atoms. The number of carbonyl (C=O) groups is 1. The second kappa shape index (κ2) is 3.83. The van der Waals surface area contributed by atoms with Crippen molar-refractivity contribution in [3.63, 3.8) is 0 Å². The Labute approximate surface area is 77.9 Å². The van der Waals surface area contributed by atoms with Crippen molar-refractivity contribution in [3.8, 4) is 0 Å². The van der Waals surface area contributed by atoms with E-state index in [1.54, 1.807) is 6.08 Å². The molecular weight excluding hydrogens is 224 g/mol. The number of carbonyl (C=O) groups excluding carboxylic acids is 1. The Morgan fingerprint density at radius 2 is 2.55 bits per heavy atom. The first-order valence-corrected chi connectivity index (χ1v) is 4.79. The number of thiophene rings is 1. The topological polar surface area (TPSA) is 17.1 Å². The number of allylic oxidation sites excluding steroid dienone is 1. The zero-order valence-corrected chi connectivity index (χ0v) is 8.24. The summed E-state index contributed by atoms with van der Waals surface area (Å²) in [5.41, 5.74) is 0.766. The van der Waals surface area contributed by atoms with Crippen LogP contribution in [0.3, 0.4) is 0 Å². The van der Waals surface area contributed by atoms with Gasteiger partial charge in [-0.05, 0) is 22.0 Å². The van der Waals surface area contributed by atoms with Crippen molar-refractivity contribution in [1.82, 2.24) is 0 Å². The minimum atomic E-state index is 0.127. The number of Topliss-reactive ketones (excluding diaryl/α,β-unsaturated/α-hetero) is 1. The molecule has 3 heteroatoms. The highest BCUT2D eigenvalue weighted by atomic mass is 79.9. The standard InChI is InChI=1S/C8H7BrOS/c1-2-3-7(10)6-4-8(9)11-5-6/h2,4-5H,1,3H2. The first kappa shape index (κ1) is 8.68. The minimum Gasteiger partial charge on any atom is -0.294 e. The lowest BCUT2D eigenvalue weighted by Gasteiger charge is -1.88. The van der Waals surface area contributed by atoms with Crippen LogP contribution in [0.25, 0.3) is 0 Å². The highest BCUT2D eigenvalue weighted by molar-refractivity contribution is 9.11. The average Bonchev–Trinajstić information content (AvgIpc) is 2.36. The molecule has 0 aliphatic rings. The summed E-state index contributed by atoms with van der Waals surface area (Å²) >= 11 is 4.81. The molecule has 1 heterocycles. The van der Waals surface area contributed by atoms with Crippen molar-refractivity contribution in [2.45, 2.75) is 6.42 Å². The Morgan fingerprint density at radius 3 is 3.00 bits per heavy atom. The summed E-state index contributed by atoms with van der Waals surface area (Å²) in [6, 6.07) is 1.83. The maximum atomic E-state index is 11.2. The average molecular weight is 231 g/mol. The maximum Gasteiger partial charge on any atom is 0.167 e. The molecule has 1 nitrogen and oxygen atoms in total. The van der Waals surface area contributed by atoms with Gasteiger partial charge in [0.15, 0.2) is 5.78 Å². The van der Waals surface area contributed by atoms with E-state index in [0.717, 1.165) is 9.35 Å². The van der Waals surface area contributed by atoms with Gasteiger partial charge in [-0.15, -0.1) is 17.9 Å². The lowest BCUT2D eigenvalue weighted by atomic mass is 10.2. The number of rotatable bonds is 3. The predicted octanol–water partition coefficient (Wildman–Crippen LogP) is 3.27. The molecule has 58 valence electrons. The van der Waals surface area contributed by atoms with Crippen LogP contribution < -0.4 is 0 Å². The van der Waals surface area contributed by atoms with Crippen molar-refractivity contribution in [2.75, 3.05) is 0 Å². The molecule has 0 bridgehead atoms. The van der Waals surface area contributed by atoms with E-state index in [9.17, 15) is 4.79 Å². The molecule has 0 aromatic carbocycles. The van der Waals surface area contributed by atoms with Crippen LogP contribution in [-0.2, 0) is 0 Å². The molecule has 11 heavy (non-hydrogen) atoms. The monoisotopic (exact) mass is 230 g/mol. The molecule has 0 atom stereocenters. The van der Waals surface area contributed by atoms with Crippen LogP contribution >= 0.6 is 27.3 Å². The van der Waals surface area contributed by atoms with Gasteiger partial charge in [0.2, 0.25) is 0 Å². The minimum absolute atomic E-state index is 0.127. The fourth-order valence-corrected chi connectivity index (χ4v) is 1.87. The van der Waals surface area contributed by atoms with Crippen LogP contribution in [0.2, 0.25) is 0 Å². The molecule has 0 saturated heterocycles. The Hall–Kier alpha value is -0.410. The van der Waals surface area contributed by atoms with Crippen LogP contribution in [0.15, 0.2) is 27.9 Å². The van der Waals surface area contributed by atoms with Crippen molar-refractivity contribution >= 4 is 33.0 Å². The van der Waals surface area contributed by atoms with E-state index >= 15 is 0 Å². The predicted molar refractivity (Wildman–Crippen MR) is 51.2 cm³/mol. The van der Waals surface area contributed by atoms with Gasteiger partial charge < -0.3 is 0 Å². The number of hydrogen-bond donors (Lipinski definition) is 0. The molecule has 0 aliphatic heterocycles. The fraction of sp³-hybridized carbons (Fsp3) is 0.125. The van der Waals surface area contributed by atoms with Crippen LogP contribution in [0, 0.1) is 0 Å². The summed E-state index contributed by atoms with van der Waals surface area (Å²) in [7, 11) is 0. The summed E-state index contributed by atoms with van der Waals surface area (Å²) in [6.07, 6.45) is 2.04. The maximum absolute atomic E-state index is 11.2. The normalized spacial score (nSPS) is 9.55. The second-order valence-electron chi connectivity index (χ2n) is 2.06. The highest BCUT2D eigenvalue weighted by Gasteiger charge is 2.04. The smallest absolute Gasteiger partial charge is 0.167 e.